The molecule has 0 spiro atoms. The molecule has 5 nitrogen and oxygen atoms in total. The Morgan fingerprint density at radius 2 is 2.00 bits per heavy atom. The summed E-state index contributed by atoms with van der Waals surface area (Å²) >= 11 is 5.73. The Bertz CT molecular complexity index is 782. The number of aromatic hydroxyl groups is 1. The molecule has 0 atom stereocenters. The first-order valence-electron chi connectivity index (χ1n) is 5.48. The second-order valence-electron chi connectivity index (χ2n) is 3.93. The van der Waals surface area contributed by atoms with Crippen molar-refractivity contribution in [3.05, 3.63) is 53.6 Å². The highest BCUT2D eigenvalue weighted by Crippen LogP contribution is 2.25. The Kier molecular flexibility index (Phi) is 2.68. The standard InChI is InChI=1S/C13H8ClN3O2/c14-11-6-9(15-7-16-11)13(19)17-10-4-2-1-3-8(10)5-12(17)18/h1-7,18H. The summed E-state index contributed by atoms with van der Waals surface area (Å²) in [5.41, 5.74) is 0.733. The highest BCUT2D eigenvalue weighted by molar-refractivity contribution is 6.29. The zero-order valence-corrected chi connectivity index (χ0v) is 10.4. The van der Waals surface area contributed by atoms with Gasteiger partial charge in [-0.3, -0.25) is 4.79 Å². The number of benzene rings is 1. The van der Waals surface area contributed by atoms with Gasteiger partial charge in [-0.1, -0.05) is 29.8 Å². The van der Waals surface area contributed by atoms with Gasteiger partial charge in [0.15, 0.2) is 5.88 Å². The van der Waals surface area contributed by atoms with E-state index < -0.39 is 5.91 Å². The first-order valence-corrected chi connectivity index (χ1v) is 5.86. The van der Waals surface area contributed by atoms with Crippen molar-refractivity contribution < 1.29 is 9.90 Å². The molecule has 0 saturated carbocycles. The van der Waals surface area contributed by atoms with Crippen molar-refractivity contribution in [1.82, 2.24) is 14.5 Å². The Morgan fingerprint density at radius 1 is 1.21 bits per heavy atom. The highest BCUT2D eigenvalue weighted by atomic mass is 35.5. The molecule has 0 unspecified atom stereocenters. The van der Waals surface area contributed by atoms with E-state index in [2.05, 4.69) is 9.97 Å². The number of hydrogen-bond donors (Lipinski definition) is 1. The van der Waals surface area contributed by atoms with Gasteiger partial charge >= 0.3 is 0 Å². The molecule has 3 aromatic rings. The maximum Gasteiger partial charge on any atom is 0.283 e. The van der Waals surface area contributed by atoms with Crippen LogP contribution in [0.3, 0.4) is 0 Å². The third kappa shape index (κ3) is 1.94. The average molecular weight is 274 g/mol. The molecule has 94 valence electrons. The quantitative estimate of drug-likeness (QED) is 0.692. The monoisotopic (exact) mass is 273 g/mol. The molecule has 0 bridgehead atoms. The van der Waals surface area contributed by atoms with Gasteiger partial charge in [0, 0.05) is 17.5 Å². The first-order chi connectivity index (χ1) is 9.16. The number of rotatable bonds is 1. The molecule has 0 saturated heterocycles. The van der Waals surface area contributed by atoms with Crippen LogP contribution in [0.5, 0.6) is 5.88 Å². The fraction of sp³-hybridized carbons (Fsp3) is 0. The van der Waals surface area contributed by atoms with E-state index in [1.807, 2.05) is 12.1 Å². The number of hydrogen-bond acceptors (Lipinski definition) is 4. The van der Waals surface area contributed by atoms with Crippen LogP contribution in [-0.4, -0.2) is 25.5 Å². The molecule has 0 amide bonds. The molecule has 2 aromatic heterocycles. The van der Waals surface area contributed by atoms with Crippen molar-refractivity contribution >= 4 is 28.4 Å². The average Bonchev–Trinajstić information content (AvgIpc) is 2.74. The molecule has 0 aliphatic rings. The van der Waals surface area contributed by atoms with Crippen LogP contribution in [0.15, 0.2) is 42.7 Å². The smallest absolute Gasteiger partial charge is 0.283 e. The lowest BCUT2D eigenvalue weighted by atomic mass is 10.2. The van der Waals surface area contributed by atoms with Crippen LogP contribution in [0.4, 0.5) is 0 Å². The van der Waals surface area contributed by atoms with Crippen molar-refractivity contribution in [1.29, 1.82) is 0 Å². The van der Waals surface area contributed by atoms with Crippen LogP contribution in [0, 0.1) is 0 Å². The predicted molar refractivity (Wildman–Crippen MR) is 70.4 cm³/mol. The molecule has 2 heterocycles. The number of halogens is 1. The third-order valence-electron chi connectivity index (χ3n) is 2.75. The minimum Gasteiger partial charge on any atom is -0.494 e. The van der Waals surface area contributed by atoms with E-state index in [-0.39, 0.29) is 16.7 Å². The topological polar surface area (TPSA) is 68.0 Å². The van der Waals surface area contributed by atoms with E-state index in [9.17, 15) is 9.90 Å². The summed E-state index contributed by atoms with van der Waals surface area (Å²) < 4.78 is 1.19. The van der Waals surface area contributed by atoms with Crippen LogP contribution >= 0.6 is 11.6 Å². The minimum atomic E-state index is -0.456. The highest BCUT2D eigenvalue weighted by Gasteiger charge is 2.17. The van der Waals surface area contributed by atoms with Crippen LogP contribution < -0.4 is 0 Å². The SMILES string of the molecule is O=C(c1cc(Cl)ncn1)n1c(O)cc2ccccc21. The van der Waals surface area contributed by atoms with Gasteiger partial charge in [0.1, 0.15) is 17.2 Å². The maximum atomic E-state index is 12.3. The summed E-state index contributed by atoms with van der Waals surface area (Å²) in [6.07, 6.45) is 1.21. The molecule has 1 aromatic carbocycles. The maximum absolute atomic E-state index is 12.3. The van der Waals surface area contributed by atoms with Crippen molar-refractivity contribution in [2.45, 2.75) is 0 Å². The van der Waals surface area contributed by atoms with Crippen LogP contribution in [0.25, 0.3) is 10.9 Å². The fourth-order valence-corrected chi connectivity index (χ4v) is 2.07. The Morgan fingerprint density at radius 3 is 2.79 bits per heavy atom. The van der Waals surface area contributed by atoms with Gasteiger partial charge < -0.3 is 5.11 Å². The number of carbonyl (C=O) groups excluding carboxylic acids is 1. The second-order valence-corrected chi connectivity index (χ2v) is 4.32. The van der Waals surface area contributed by atoms with E-state index in [1.54, 1.807) is 12.1 Å². The molecule has 19 heavy (non-hydrogen) atoms. The molecular weight excluding hydrogens is 266 g/mol. The fourth-order valence-electron chi connectivity index (χ4n) is 1.92. The van der Waals surface area contributed by atoms with E-state index in [4.69, 9.17) is 11.6 Å². The molecular formula is C13H8ClN3O2. The normalized spacial score (nSPS) is 10.8. The van der Waals surface area contributed by atoms with Crippen molar-refractivity contribution in [3.63, 3.8) is 0 Å². The van der Waals surface area contributed by atoms with Crippen LogP contribution in [0.1, 0.15) is 10.5 Å². The van der Waals surface area contributed by atoms with Crippen molar-refractivity contribution in [3.8, 4) is 5.88 Å². The van der Waals surface area contributed by atoms with Crippen molar-refractivity contribution in [2.75, 3.05) is 0 Å². The van der Waals surface area contributed by atoms with E-state index >= 15 is 0 Å². The van der Waals surface area contributed by atoms with Gasteiger partial charge in [-0.25, -0.2) is 14.5 Å². The van der Waals surface area contributed by atoms with Crippen molar-refractivity contribution in [2.24, 2.45) is 0 Å². The van der Waals surface area contributed by atoms with E-state index in [1.165, 1.54) is 23.0 Å². The van der Waals surface area contributed by atoms with Gasteiger partial charge in [0.2, 0.25) is 0 Å². The van der Waals surface area contributed by atoms with Crippen LogP contribution in [-0.2, 0) is 0 Å². The molecule has 6 heteroatoms. The van der Waals surface area contributed by atoms with Crippen LogP contribution in [0.2, 0.25) is 5.15 Å². The number of aromatic nitrogens is 3. The lowest BCUT2D eigenvalue weighted by Gasteiger charge is -2.04. The summed E-state index contributed by atoms with van der Waals surface area (Å²) in [6, 6.07) is 10.1. The largest absolute Gasteiger partial charge is 0.494 e. The zero-order valence-electron chi connectivity index (χ0n) is 9.62. The lowest BCUT2D eigenvalue weighted by molar-refractivity contribution is 0.0951. The number of fused-ring (bicyclic) bond motifs is 1. The summed E-state index contributed by atoms with van der Waals surface area (Å²) in [7, 11) is 0. The van der Waals surface area contributed by atoms with Gasteiger partial charge in [0.25, 0.3) is 5.91 Å². The number of carbonyl (C=O) groups is 1. The Hall–Kier alpha value is -2.40. The molecule has 0 aliphatic carbocycles. The number of nitrogens with zero attached hydrogens (tertiary/aromatic N) is 3. The van der Waals surface area contributed by atoms with Gasteiger partial charge in [-0.15, -0.1) is 0 Å². The molecule has 0 fully saturated rings. The molecule has 0 radical (unpaired) electrons. The zero-order chi connectivity index (χ0) is 13.4. The van der Waals surface area contributed by atoms with Gasteiger partial charge in [-0.05, 0) is 6.07 Å². The van der Waals surface area contributed by atoms with Gasteiger partial charge in [0.05, 0.1) is 5.52 Å². The summed E-state index contributed by atoms with van der Waals surface area (Å²) in [5.74, 6) is -0.594. The molecule has 1 N–H and O–H groups in total. The minimum absolute atomic E-state index is 0.122. The van der Waals surface area contributed by atoms with E-state index in [0.717, 1.165) is 5.39 Å². The molecule has 3 rings (SSSR count). The summed E-state index contributed by atoms with van der Waals surface area (Å²) in [4.78, 5) is 19.9. The third-order valence-corrected chi connectivity index (χ3v) is 2.95. The van der Waals surface area contributed by atoms with Gasteiger partial charge in [-0.2, -0.15) is 0 Å². The predicted octanol–water partition coefficient (Wildman–Crippen LogP) is 2.48. The summed E-state index contributed by atoms with van der Waals surface area (Å²) in [5, 5.41) is 10.8. The summed E-state index contributed by atoms with van der Waals surface area (Å²) in [6.45, 7) is 0. The first kappa shape index (κ1) is 11.7. The Labute approximate surface area is 113 Å². The lowest BCUT2D eigenvalue weighted by Crippen LogP contribution is -2.13. The number of para-hydroxylation sites is 1. The molecule has 0 aliphatic heterocycles. The van der Waals surface area contributed by atoms with E-state index in [0.29, 0.717) is 5.52 Å². The Balaban J connectivity index is 2.19. The second kappa shape index (κ2) is 4.37.